The summed E-state index contributed by atoms with van der Waals surface area (Å²) in [7, 11) is 0. The van der Waals surface area contributed by atoms with Gasteiger partial charge in [-0.1, -0.05) is 6.07 Å². The van der Waals surface area contributed by atoms with Crippen LogP contribution in [0.5, 0.6) is 5.75 Å². The minimum absolute atomic E-state index is 0.0329. The van der Waals surface area contributed by atoms with Gasteiger partial charge in [0.1, 0.15) is 17.7 Å². The summed E-state index contributed by atoms with van der Waals surface area (Å²) in [4.78, 5) is 16.1. The average molecular weight is 384 g/mol. The van der Waals surface area contributed by atoms with Crippen LogP contribution in [-0.4, -0.2) is 23.5 Å². The summed E-state index contributed by atoms with van der Waals surface area (Å²) < 4.78 is 47.0. The van der Waals surface area contributed by atoms with Gasteiger partial charge in [0.15, 0.2) is 11.6 Å². The Morgan fingerprint density at radius 3 is 2.75 bits per heavy atom. The van der Waals surface area contributed by atoms with E-state index < -0.39 is 29.5 Å². The van der Waals surface area contributed by atoms with Crippen molar-refractivity contribution in [2.75, 3.05) is 6.54 Å². The van der Waals surface area contributed by atoms with Crippen LogP contribution in [0.15, 0.2) is 54.9 Å². The molecule has 0 saturated carbocycles. The topological polar surface area (TPSA) is 51.2 Å². The van der Waals surface area contributed by atoms with Gasteiger partial charge in [-0.05, 0) is 42.0 Å². The van der Waals surface area contributed by atoms with Gasteiger partial charge in [0.25, 0.3) is 5.91 Å². The van der Waals surface area contributed by atoms with E-state index in [2.05, 4.69) is 10.3 Å². The maximum atomic E-state index is 14.4. The van der Waals surface area contributed by atoms with Crippen molar-refractivity contribution in [2.45, 2.75) is 12.5 Å². The van der Waals surface area contributed by atoms with Crippen molar-refractivity contribution >= 4 is 5.91 Å². The van der Waals surface area contributed by atoms with E-state index in [1.165, 1.54) is 6.07 Å². The number of carbonyl (C=O) groups is 1. The third-order valence-corrected chi connectivity index (χ3v) is 4.51. The first-order valence-corrected chi connectivity index (χ1v) is 8.64. The van der Waals surface area contributed by atoms with Crippen LogP contribution in [0.4, 0.5) is 13.2 Å². The van der Waals surface area contributed by atoms with Crippen molar-refractivity contribution < 1.29 is 22.7 Å². The molecule has 0 unspecified atom stereocenters. The average Bonchev–Trinajstić information content (AvgIpc) is 3.12. The van der Waals surface area contributed by atoms with Gasteiger partial charge in [-0.15, -0.1) is 0 Å². The smallest absolute Gasteiger partial charge is 0.254 e. The third-order valence-electron chi connectivity index (χ3n) is 4.51. The number of nitrogens with one attached hydrogen (secondary N) is 1. The molecular formula is C21H15F3N2O2. The van der Waals surface area contributed by atoms with Crippen LogP contribution in [0.25, 0.3) is 11.1 Å². The lowest BCUT2D eigenvalue weighted by Crippen LogP contribution is -2.35. The van der Waals surface area contributed by atoms with Crippen molar-refractivity contribution in [3.8, 4) is 16.9 Å². The lowest BCUT2D eigenvalue weighted by molar-refractivity contribution is 0.0928. The Morgan fingerprint density at radius 1 is 1.11 bits per heavy atom. The number of fused-ring (bicyclic) bond motifs is 1. The maximum absolute atomic E-state index is 14.4. The molecule has 0 spiro atoms. The van der Waals surface area contributed by atoms with Crippen LogP contribution < -0.4 is 10.1 Å². The summed E-state index contributed by atoms with van der Waals surface area (Å²) in [5.74, 6) is -2.64. The zero-order valence-electron chi connectivity index (χ0n) is 14.6. The number of carbonyl (C=O) groups excluding carboxylic acids is 1. The summed E-state index contributed by atoms with van der Waals surface area (Å²) in [6, 6.07) is 9.44. The number of aromatic nitrogens is 1. The second-order valence-corrected chi connectivity index (χ2v) is 6.47. The highest BCUT2D eigenvalue weighted by atomic mass is 19.1. The molecule has 2 aromatic carbocycles. The van der Waals surface area contributed by atoms with Gasteiger partial charge in [-0.2, -0.15) is 0 Å². The highest BCUT2D eigenvalue weighted by Gasteiger charge is 2.27. The van der Waals surface area contributed by atoms with E-state index in [-0.39, 0.29) is 17.9 Å². The number of amides is 1. The number of rotatable bonds is 4. The molecule has 28 heavy (non-hydrogen) atoms. The minimum Gasteiger partial charge on any atom is -0.485 e. The van der Waals surface area contributed by atoms with Gasteiger partial charge >= 0.3 is 0 Å². The molecule has 4 rings (SSSR count). The molecule has 2 heterocycles. The highest BCUT2D eigenvalue weighted by molar-refractivity contribution is 5.94. The first kappa shape index (κ1) is 18.0. The fourth-order valence-corrected chi connectivity index (χ4v) is 3.17. The Bertz CT molecular complexity index is 1040. The highest BCUT2D eigenvalue weighted by Crippen LogP contribution is 2.35. The molecule has 1 aliphatic rings. The van der Waals surface area contributed by atoms with Crippen molar-refractivity contribution in [3.63, 3.8) is 0 Å². The second-order valence-electron chi connectivity index (χ2n) is 6.47. The lowest BCUT2D eigenvalue weighted by atomic mass is 10.0. The first-order valence-electron chi connectivity index (χ1n) is 8.64. The molecular weight excluding hydrogens is 369 g/mol. The van der Waals surface area contributed by atoms with Crippen molar-refractivity contribution in [1.29, 1.82) is 0 Å². The van der Waals surface area contributed by atoms with Crippen LogP contribution >= 0.6 is 0 Å². The summed E-state index contributed by atoms with van der Waals surface area (Å²) in [6.45, 7) is 0.0329. The van der Waals surface area contributed by atoms with Gasteiger partial charge in [0, 0.05) is 29.9 Å². The molecule has 0 bridgehead atoms. The minimum atomic E-state index is -0.818. The molecule has 0 saturated heterocycles. The number of halogens is 3. The number of benzene rings is 2. The molecule has 1 amide bonds. The summed E-state index contributed by atoms with van der Waals surface area (Å²) in [5, 5.41) is 2.51. The van der Waals surface area contributed by atoms with Crippen LogP contribution in [0.2, 0.25) is 0 Å². The summed E-state index contributed by atoms with van der Waals surface area (Å²) >= 11 is 0. The molecule has 1 atom stereocenters. The van der Waals surface area contributed by atoms with E-state index in [1.807, 2.05) is 12.1 Å². The predicted molar refractivity (Wildman–Crippen MR) is 96.4 cm³/mol. The third kappa shape index (κ3) is 3.55. The lowest BCUT2D eigenvalue weighted by Gasteiger charge is -2.12. The van der Waals surface area contributed by atoms with E-state index in [0.717, 1.165) is 23.8 Å². The SMILES string of the molecule is O=C(NC[C@H]1Cc2cc(-c3cccnc3)cc(F)c2O1)c1cc(F)ccc1F. The standard InChI is InChI=1S/C21H15F3N2O2/c22-15-3-4-18(23)17(9-15)21(27)26-11-16-7-14-6-13(8-19(24)20(14)28-16)12-2-1-5-25-10-12/h1-6,8-10,16H,7,11H2,(H,26,27)/t16-/m1/s1. The molecule has 1 aromatic heterocycles. The molecule has 0 aliphatic carbocycles. The van der Waals surface area contributed by atoms with E-state index in [9.17, 15) is 18.0 Å². The molecule has 3 aromatic rings. The van der Waals surface area contributed by atoms with E-state index in [4.69, 9.17) is 4.74 Å². The Hall–Kier alpha value is -3.35. The fraction of sp³-hybridized carbons (Fsp3) is 0.143. The van der Waals surface area contributed by atoms with Gasteiger partial charge in [-0.3, -0.25) is 9.78 Å². The van der Waals surface area contributed by atoms with Gasteiger partial charge in [0.05, 0.1) is 12.1 Å². The zero-order valence-corrected chi connectivity index (χ0v) is 14.6. The molecule has 7 heteroatoms. The monoisotopic (exact) mass is 384 g/mol. The molecule has 142 valence electrons. The number of nitrogens with zero attached hydrogens (tertiary/aromatic N) is 1. The quantitative estimate of drug-likeness (QED) is 0.742. The number of hydrogen-bond donors (Lipinski definition) is 1. The van der Waals surface area contributed by atoms with E-state index in [0.29, 0.717) is 17.5 Å². The Morgan fingerprint density at radius 2 is 1.96 bits per heavy atom. The zero-order chi connectivity index (χ0) is 19.7. The molecule has 4 nitrogen and oxygen atoms in total. The van der Waals surface area contributed by atoms with E-state index >= 15 is 0 Å². The maximum Gasteiger partial charge on any atom is 0.254 e. The summed E-state index contributed by atoms with van der Waals surface area (Å²) in [5.41, 5.74) is 1.75. The molecule has 0 radical (unpaired) electrons. The molecule has 1 N–H and O–H groups in total. The normalized spacial score (nSPS) is 15.0. The van der Waals surface area contributed by atoms with Gasteiger partial charge in [-0.25, -0.2) is 13.2 Å². The van der Waals surface area contributed by atoms with Gasteiger partial charge < -0.3 is 10.1 Å². The van der Waals surface area contributed by atoms with Gasteiger partial charge in [0.2, 0.25) is 0 Å². The van der Waals surface area contributed by atoms with Crippen molar-refractivity contribution in [2.24, 2.45) is 0 Å². The van der Waals surface area contributed by atoms with Crippen molar-refractivity contribution in [3.05, 3.63) is 83.4 Å². The van der Waals surface area contributed by atoms with Crippen LogP contribution in [0, 0.1) is 17.5 Å². The number of ether oxygens (including phenoxy) is 1. The first-order chi connectivity index (χ1) is 13.5. The summed E-state index contributed by atoms with van der Waals surface area (Å²) in [6.07, 6.45) is 3.15. The van der Waals surface area contributed by atoms with E-state index in [1.54, 1.807) is 18.5 Å². The van der Waals surface area contributed by atoms with Crippen molar-refractivity contribution in [1.82, 2.24) is 10.3 Å². The largest absolute Gasteiger partial charge is 0.485 e. The Balaban J connectivity index is 1.46. The van der Waals surface area contributed by atoms with Crippen LogP contribution in [0.1, 0.15) is 15.9 Å². The number of pyridine rings is 1. The Labute approximate surface area is 159 Å². The fourth-order valence-electron chi connectivity index (χ4n) is 3.17. The molecule has 0 fully saturated rings. The van der Waals surface area contributed by atoms with Crippen LogP contribution in [0.3, 0.4) is 0 Å². The molecule has 1 aliphatic heterocycles. The number of hydrogen-bond acceptors (Lipinski definition) is 3. The second kappa shape index (κ2) is 7.34. The van der Waals surface area contributed by atoms with Crippen LogP contribution in [-0.2, 0) is 6.42 Å². The Kier molecular flexibility index (Phi) is 4.73. The predicted octanol–water partition coefficient (Wildman–Crippen LogP) is 3.90.